The second-order valence-electron chi connectivity index (χ2n) is 2.25. The topological polar surface area (TPSA) is 76.2 Å². The molecule has 3 N–H and O–H groups in total. The molecule has 7 heteroatoms. The molecule has 80 valence electrons. The van der Waals surface area contributed by atoms with Crippen LogP contribution >= 0.6 is 40.7 Å². The van der Waals surface area contributed by atoms with E-state index in [0.29, 0.717) is 5.56 Å². The van der Waals surface area contributed by atoms with Gasteiger partial charge in [0.1, 0.15) is 6.04 Å². The van der Waals surface area contributed by atoms with E-state index in [1.165, 1.54) is 6.20 Å². The molecule has 1 aromatic heterocycles. The van der Waals surface area contributed by atoms with Crippen LogP contribution in [0.4, 0.5) is 0 Å². The maximum atomic E-state index is 10.4. The first-order valence-electron chi connectivity index (χ1n) is 3.20. The summed E-state index contributed by atoms with van der Waals surface area (Å²) in [7, 11) is 0. The summed E-state index contributed by atoms with van der Waals surface area (Å²) < 4.78 is 0.719. The van der Waals surface area contributed by atoms with E-state index in [-0.39, 0.29) is 24.8 Å². The standard InChI is InChI=1S/C7H7BrN2O2.2ClH/c8-5-1-4(2-10-3-5)6(9)7(11)12;;/h1-3,6H,9H2,(H,11,12);2*1H. The number of halogens is 3. The number of hydrogen-bond donors (Lipinski definition) is 2. The molecule has 1 heterocycles. The zero-order valence-electron chi connectivity index (χ0n) is 6.88. The van der Waals surface area contributed by atoms with E-state index in [4.69, 9.17) is 10.8 Å². The van der Waals surface area contributed by atoms with Gasteiger partial charge in [-0.05, 0) is 27.6 Å². The minimum atomic E-state index is -1.06. The molecule has 0 bridgehead atoms. The van der Waals surface area contributed by atoms with E-state index in [1.807, 2.05) is 0 Å². The molecule has 1 rings (SSSR count). The number of nitrogens with two attached hydrogens (primary N) is 1. The van der Waals surface area contributed by atoms with E-state index >= 15 is 0 Å². The van der Waals surface area contributed by atoms with Crippen LogP contribution in [0, 0.1) is 0 Å². The lowest BCUT2D eigenvalue weighted by molar-refractivity contribution is -0.138. The van der Waals surface area contributed by atoms with Crippen LogP contribution in [0.25, 0.3) is 0 Å². The highest BCUT2D eigenvalue weighted by molar-refractivity contribution is 9.10. The zero-order valence-corrected chi connectivity index (χ0v) is 10.1. The maximum Gasteiger partial charge on any atom is 0.325 e. The molecule has 0 aliphatic carbocycles. The van der Waals surface area contributed by atoms with Crippen LogP contribution in [-0.4, -0.2) is 16.1 Å². The van der Waals surface area contributed by atoms with Crippen molar-refractivity contribution in [1.29, 1.82) is 0 Å². The number of aromatic nitrogens is 1. The highest BCUT2D eigenvalue weighted by Crippen LogP contribution is 2.14. The molecular formula is C7H9BrCl2N2O2. The average molecular weight is 304 g/mol. The summed E-state index contributed by atoms with van der Waals surface area (Å²) in [5.41, 5.74) is 5.83. The van der Waals surface area contributed by atoms with Gasteiger partial charge in [-0.1, -0.05) is 0 Å². The lowest BCUT2D eigenvalue weighted by atomic mass is 10.1. The van der Waals surface area contributed by atoms with Gasteiger partial charge in [-0.15, -0.1) is 24.8 Å². The summed E-state index contributed by atoms with van der Waals surface area (Å²) in [6, 6.07) is 0.626. The molecular weight excluding hydrogens is 295 g/mol. The van der Waals surface area contributed by atoms with Crippen molar-refractivity contribution in [2.45, 2.75) is 6.04 Å². The SMILES string of the molecule is Cl.Cl.NC(C(=O)O)c1cncc(Br)c1. The first-order chi connectivity index (χ1) is 5.61. The number of carbonyl (C=O) groups is 1. The fraction of sp³-hybridized carbons (Fsp3) is 0.143. The van der Waals surface area contributed by atoms with Crippen LogP contribution in [0.3, 0.4) is 0 Å². The van der Waals surface area contributed by atoms with E-state index in [2.05, 4.69) is 20.9 Å². The lowest BCUT2D eigenvalue weighted by Gasteiger charge is -2.05. The number of pyridine rings is 1. The normalized spacial score (nSPS) is 10.7. The van der Waals surface area contributed by atoms with Crippen LogP contribution in [0.2, 0.25) is 0 Å². The molecule has 0 aliphatic heterocycles. The quantitative estimate of drug-likeness (QED) is 0.873. The Balaban J connectivity index is 0. The van der Waals surface area contributed by atoms with E-state index < -0.39 is 12.0 Å². The fourth-order valence-electron chi connectivity index (χ4n) is 0.741. The van der Waals surface area contributed by atoms with Crippen molar-refractivity contribution in [2.75, 3.05) is 0 Å². The van der Waals surface area contributed by atoms with Crippen LogP contribution in [-0.2, 0) is 4.79 Å². The number of aliphatic carboxylic acids is 1. The Morgan fingerprint density at radius 1 is 1.50 bits per heavy atom. The number of nitrogens with zero attached hydrogens (tertiary/aromatic N) is 1. The molecule has 0 saturated carbocycles. The van der Waals surface area contributed by atoms with Gasteiger partial charge in [-0.2, -0.15) is 0 Å². The van der Waals surface area contributed by atoms with Crippen LogP contribution in [0.5, 0.6) is 0 Å². The molecule has 0 radical (unpaired) electrons. The molecule has 0 aliphatic rings. The second-order valence-corrected chi connectivity index (χ2v) is 3.17. The van der Waals surface area contributed by atoms with Gasteiger partial charge in [0, 0.05) is 16.9 Å². The molecule has 0 saturated heterocycles. The van der Waals surface area contributed by atoms with Crippen molar-refractivity contribution in [3.05, 3.63) is 28.5 Å². The van der Waals surface area contributed by atoms with Gasteiger partial charge in [-0.3, -0.25) is 9.78 Å². The van der Waals surface area contributed by atoms with Gasteiger partial charge in [0.15, 0.2) is 0 Å². The largest absolute Gasteiger partial charge is 0.480 e. The van der Waals surface area contributed by atoms with Crippen molar-refractivity contribution in [1.82, 2.24) is 4.98 Å². The second kappa shape index (κ2) is 7.00. The van der Waals surface area contributed by atoms with Gasteiger partial charge in [0.25, 0.3) is 0 Å². The molecule has 0 spiro atoms. The Morgan fingerprint density at radius 2 is 2.07 bits per heavy atom. The fourth-order valence-corrected chi connectivity index (χ4v) is 1.12. The van der Waals surface area contributed by atoms with Crippen LogP contribution in [0.15, 0.2) is 22.9 Å². The van der Waals surface area contributed by atoms with Gasteiger partial charge >= 0.3 is 5.97 Å². The molecule has 1 unspecified atom stereocenters. The predicted molar refractivity (Wildman–Crippen MR) is 61.0 cm³/mol. The number of hydrogen-bond acceptors (Lipinski definition) is 3. The smallest absolute Gasteiger partial charge is 0.325 e. The van der Waals surface area contributed by atoms with E-state index in [9.17, 15) is 4.79 Å². The van der Waals surface area contributed by atoms with Gasteiger partial charge in [0.2, 0.25) is 0 Å². The molecule has 1 aromatic rings. The minimum Gasteiger partial charge on any atom is -0.480 e. The van der Waals surface area contributed by atoms with E-state index in [1.54, 1.807) is 12.3 Å². The van der Waals surface area contributed by atoms with Crippen LogP contribution in [0.1, 0.15) is 11.6 Å². The Labute approximate surface area is 102 Å². The average Bonchev–Trinajstić information content (AvgIpc) is 2.03. The minimum absolute atomic E-state index is 0. The summed E-state index contributed by atoms with van der Waals surface area (Å²) >= 11 is 3.17. The maximum absolute atomic E-state index is 10.4. The van der Waals surface area contributed by atoms with E-state index in [0.717, 1.165) is 4.47 Å². The first kappa shape index (κ1) is 16.1. The van der Waals surface area contributed by atoms with Crippen molar-refractivity contribution in [2.24, 2.45) is 5.73 Å². The lowest BCUT2D eigenvalue weighted by Crippen LogP contribution is -2.20. The highest BCUT2D eigenvalue weighted by Gasteiger charge is 2.14. The predicted octanol–water partition coefficient (Wildman–Crippen LogP) is 1.77. The van der Waals surface area contributed by atoms with Gasteiger partial charge in [-0.25, -0.2) is 0 Å². The van der Waals surface area contributed by atoms with Crippen molar-refractivity contribution in [3.8, 4) is 0 Å². The number of carboxylic acid groups (broad SMARTS) is 1. The Kier molecular flexibility index (Phi) is 8.04. The zero-order chi connectivity index (χ0) is 9.14. The van der Waals surface area contributed by atoms with Crippen LogP contribution < -0.4 is 5.73 Å². The molecule has 0 fully saturated rings. The van der Waals surface area contributed by atoms with Crippen molar-refractivity contribution < 1.29 is 9.90 Å². The van der Waals surface area contributed by atoms with Gasteiger partial charge < -0.3 is 10.8 Å². The molecule has 14 heavy (non-hydrogen) atoms. The first-order valence-corrected chi connectivity index (χ1v) is 3.99. The third-order valence-electron chi connectivity index (χ3n) is 1.35. The number of carboxylic acids is 1. The Morgan fingerprint density at radius 3 is 2.50 bits per heavy atom. The molecule has 4 nitrogen and oxygen atoms in total. The third kappa shape index (κ3) is 4.23. The van der Waals surface area contributed by atoms with Crippen molar-refractivity contribution >= 4 is 46.7 Å². The summed E-state index contributed by atoms with van der Waals surface area (Å²) in [5.74, 6) is -1.06. The highest BCUT2D eigenvalue weighted by atomic mass is 79.9. The van der Waals surface area contributed by atoms with Crippen molar-refractivity contribution in [3.63, 3.8) is 0 Å². The summed E-state index contributed by atoms with van der Waals surface area (Å²) in [6.07, 6.45) is 3.00. The summed E-state index contributed by atoms with van der Waals surface area (Å²) in [5, 5.41) is 8.56. The summed E-state index contributed by atoms with van der Waals surface area (Å²) in [4.78, 5) is 14.2. The van der Waals surface area contributed by atoms with Gasteiger partial charge in [0.05, 0.1) is 0 Å². The third-order valence-corrected chi connectivity index (χ3v) is 1.78. The monoisotopic (exact) mass is 302 g/mol. The Bertz CT molecular complexity index is 311. The molecule has 0 aromatic carbocycles. The number of rotatable bonds is 2. The Hall–Kier alpha value is -0.360. The molecule has 1 atom stereocenters. The summed E-state index contributed by atoms with van der Waals surface area (Å²) in [6.45, 7) is 0. The molecule has 0 amide bonds.